The Bertz CT molecular complexity index is 774. The fraction of sp³-hybridized carbons (Fsp3) is 0.294. The highest BCUT2D eigenvalue weighted by Gasteiger charge is 2.23. The first-order valence-electron chi connectivity index (χ1n) is 7.62. The standard InChI is InChI=1S/C17H18N4O3/c1-24-13-4-2-11(3-5-13)8-15(22)21-7-6-12-9-19-17(16(18)23)20-14(12)10-21/h2-5,9H,6-8,10H2,1H3,(H2,18,23). The first kappa shape index (κ1) is 15.9. The van der Waals surface area contributed by atoms with Gasteiger partial charge in [0.1, 0.15) is 5.75 Å². The molecule has 1 aliphatic heterocycles. The summed E-state index contributed by atoms with van der Waals surface area (Å²) < 4.78 is 5.11. The van der Waals surface area contributed by atoms with Crippen LogP contribution < -0.4 is 10.5 Å². The van der Waals surface area contributed by atoms with Gasteiger partial charge in [-0.1, -0.05) is 12.1 Å². The topological polar surface area (TPSA) is 98.4 Å². The summed E-state index contributed by atoms with van der Waals surface area (Å²) in [6.07, 6.45) is 2.60. The Morgan fingerprint density at radius 1 is 1.29 bits per heavy atom. The van der Waals surface area contributed by atoms with E-state index in [9.17, 15) is 9.59 Å². The fourth-order valence-corrected chi connectivity index (χ4v) is 2.66. The smallest absolute Gasteiger partial charge is 0.286 e. The van der Waals surface area contributed by atoms with E-state index in [1.54, 1.807) is 18.2 Å². The molecule has 0 atom stereocenters. The van der Waals surface area contributed by atoms with Gasteiger partial charge in [0.25, 0.3) is 5.91 Å². The summed E-state index contributed by atoms with van der Waals surface area (Å²) >= 11 is 0. The van der Waals surface area contributed by atoms with Crippen LogP contribution in [0.4, 0.5) is 0 Å². The van der Waals surface area contributed by atoms with Crippen LogP contribution in [0.15, 0.2) is 30.5 Å². The molecule has 2 amide bonds. The van der Waals surface area contributed by atoms with Crippen molar-refractivity contribution in [3.05, 3.63) is 53.1 Å². The molecule has 0 saturated heterocycles. The van der Waals surface area contributed by atoms with Crippen molar-refractivity contribution in [1.29, 1.82) is 0 Å². The minimum absolute atomic E-state index is 0.0156. The summed E-state index contributed by atoms with van der Waals surface area (Å²) in [6.45, 7) is 0.981. The summed E-state index contributed by atoms with van der Waals surface area (Å²) in [5.74, 6) is 0.0940. The number of aromatic nitrogens is 2. The molecule has 1 aromatic carbocycles. The number of nitrogens with zero attached hydrogens (tertiary/aromatic N) is 3. The van der Waals surface area contributed by atoms with Crippen LogP contribution in [-0.4, -0.2) is 40.3 Å². The molecule has 7 nitrogen and oxygen atoms in total. The molecule has 2 N–H and O–H groups in total. The number of hydrogen-bond donors (Lipinski definition) is 1. The van der Waals surface area contributed by atoms with Crippen molar-refractivity contribution in [1.82, 2.24) is 14.9 Å². The lowest BCUT2D eigenvalue weighted by Gasteiger charge is -2.28. The Hall–Kier alpha value is -2.96. The van der Waals surface area contributed by atoms with Crippen LogP contribution in [0.3, 0.4) is 0 Å². The van der Waals surface area contributed by atoms with E-state index >= 15 is 0 Å². The molecular weight excluding hydrogens is 308 g/mol. The minimum Gasteiger partial charge on any atom is -0.497 e. The maximum absolute atomic E-state index is 12.5. The van der Waals surface area contributed by atoms with Gasteiger partial charge >= 0.3 is 0 Å². The van der Waals surface area contributed by atoms with Crippen molar-refractivity contribution in [2.75, 3.05) is 13.7 Å². The zero-order valence-electron chi connectivity index (χ0n) is 13.4. The normalized spacial score (nSPS) is 13.3. The van der Waals surface area contributed by atoms with Gasteiger partial charge < -0.3 is 15.4 Å². The second-order valence-electron chi connectivity index (χ2n) is 5.62. The Labute approximate surface area is 139 Å². The van der Waals surface area contributed by atoms with Gasteiger partial charge in [0.15, 0.2) is 0 Å². The average Bonchev–Trinajstić information content (AvgIpc) is 2.61. The van der Waals surface area contributed by atoms with Gasteiger partial charge in [-0.25, -0.2) is 9.97 Å². The van der Waals surface area contributed by atoms with Crippen LogP contribution in [0, 0.1) is 0 Å². The van der Waals surface area contributed by atoms with Crippen molar-refractivity contribution in [2.45, 2.75) is 19.4 Å². The number of benzene rings is 1. The zero-order chi connectivity index (χ0) is 17.1. The van der Waals surface area contributed by atoms with Crippen molar-refractivity contribution in [3.8, 4) is 5.75 Å². The molecule has 0 aliphatic carbocycles. The molecule has 0 spiro atoms. The highest BCUT2D eigenvalue weighted by atomic mass is 16.5. The second kappa shape index (κ2) is 6.66. The van der Waals surface area contributed by atoms with E-state index in [-0.39, 0.29) is 11.7 Å². The monoisotopic (exact) mass is 326 g/mol. The number of hydrogen-bond acceptors (Lipinski definition) is 5. The Morgan fingerprint density at radius 3 is 2.71 bits per heavy atom. The van der Waals surface area contributed by atoms with E-state index < -0.39 is 5.91 Å². The predicted octanol–water partition coefficient (Wildman–Crippen LogP) is 0.712. The summed E-state index contributed by atoms with van der Waals surface area (Å²) in [5, 5.41) is 0. The quantitative estimate of drug-likeness (QED) is 0.892. The molecular formula is C17H18N4O3. The Balaban J connectivity index is 1.70. The zero-order valence-corrected chi connectivity index (χ0v) is 13.4. The third-order valence-corrected chi connectivity index (χ3v) is 4.03. The summed E-state index contributed by atoms with van der Waals surface area (Å²) in [7, 11) is 1.60. The third kappa shape index (κ3) is 3.34. The van der Waals surface area contributed by atoms with Crippen molar-refractivity contribution >= 4 is 11.8 Å². The predicted molar refractivity (Wildman–Crippen MR) is 86.4 cm³/mol. The molecule has 7 heteroatoms. The van der Waals surface area contributed by atoms with E-state index in [1.165, 1.54) is 0 Å². The van der Waals surface area contributed by atoms with Crippen molar-refractivity contribution in [3.63, 3.8) is 0 Å². The molecule has 24 heavy (non-hydrogen) atoms. The van der Waals surface area contributed by atoms with Crippen LogP contribution in [0.2, 0.25) is 0 Å². The molecule has 2 heterocycles. The van der Waals surface area contributed by atoms with Gasteiger partial charge in [-0.05, 0) is 29.7 Å². The molecule has 1 aliphatic rings. The van der Waals surface area contributed by atoms with Gasteiger partial charge in [0.2, 0.25) is 11.7 Å². The lowest BCUT2D eigenvalue weighted by Crippen LogP contribution is -2.38. The van der Waals surface area contributed by atoms with Gasteiger partial charge in [0.05, 0.1) is 25.8 Å². The average molecular weight is 326 g/mol. The largest absolute Gasteiger partial charge is 0.497 e. The number of nitrogens with two attached hydrogens (primary N) is 1. The third-order valence-electron chi connectivity index (χ3n) is 4.03. The van der Waals surface area contributed by atoms with Gasteiger partial charge in [-0.2, -0.15) is 0 Å². The second-order valence-corrected chi connectivity index (χ2v) is 5.62. The van der Waals surface area contributed by atoms with E-state index in [0.717, 1.165) is 16.9 Å². The number of carbonyl (C=O) groups excluding carboxylic acids is 2. The van der Waals surface area contributed by atoms with Crippen molar-refractivity contribution in [2.24, 2.45) is 5.73 Å². The molecule has 0 radical (unpaired) electrons. The lowest BCUT2D eigenvalue weighted by molar-refractivity contribution is -0.131. The molecule has 0 unspecified atom stereocenters. The first-order valence-corrected chi connectivity index (χ1v) is 7.62. The number of methoxy groups -OCH3 is 1. The van der Waals surface area contributed by atoms with Crippen LogP contribution in [0.1, 0.15) is 27.4 Å². The molecule has 124 valence electrons. The summed E-state index contributed by atoms with van der Waals surface area (Å²) in [6, 6.07) is 7.42. The number of rotatable bonds is 4. The fourth-order valence-electron chi connectivity index (χ4n) is 2.66. The number of primary amides is 1. The Morgan fingerprint density at radius 2 is 2.04 bits per heavy atom. The highest BCUT2D eigenvalue weighted by Crippen LogP contribution is 2.18. The Kier molecular flexibility index (Phi) is 4.41. The highest BCUT2D eigenvalue weighted by molar-refractivity contribution is 5.88. The minimum atomic E-state index is -0.667. The van der Waals surface area contributed by atoms with Crippen LogP contribution >= 0.6 is 0 Å². The molecule has 3 rings (SSSR count). The number of amides is 2. The summed E-state index contributed by atoms with van der Waals surface area (Å²) in [5.41, 5.74) is 7.78. The van der Waals surface area contributed by atoms with E-state index in [1.807, 2.05) is 24.3 Å². The van der Waals surface area contributed by atoms with Crippen molar-refractivity contribution < 1.29 is 14.3 Å². The molecule has 0 fully saturated rings. The van der Waals surface area contributed by atoms with E-state index in [0.29, 0.717) is 31.6 Å². The van der Waals surface area contributed by atoms with Crippen LogP contribution in [0.25, 0.3) is 0 Å². The van der Waals surface area contributed by atoms with E-state index in [2.05, 4.69) is 9.97 Å². The molecule has 1 aromatic heterocycles. The van der Waals surface area contributed by atoms with Gasteiger partial charge in [-0.15, -0.1) is 0 Å². The van der Waals surface area contributed by atoms with Gasteiger partial charge in [0, 0.05) is 12.7 Å². The van der Waals surface area contributed by atoms with Crippen LogP contribution in [0.5, 0.6) is 5.75 Å². The van der Waals surface area contributed by atoms with Gasteiger partial charge in [-0.3, -0.25) is 9.59 Å². The first-order chi connectivity index (χ1) is 11.6. The lowest BCUT2D eigenvalue weighted by atomic mass is 10.1. The maximum atomic E-state index is 12.5. The number of ether oxygens (including phenoxy) is 1. The summed E-state index contributed by atoms with van der Waals surface area (Å²) in [4.78, 5) is 33.6. The molecule has 0 bridgehead atoms. The SMILES string of the molecule is COc1ccc(CC(=O)N2CCc3cnc(C(N)=O)nc3C2)cc1. The molecule has 0 saturated carbocycles. The maximum Gasteiger partial charge on any atom is 0.286 e. The van der Waals surface area contributed by atoms with E-state index in [4.69, 9.17) is 10.5 Å². The number of fused-ring (bicyclic) bond motifs is 1. The van der Waals surface area contributed by atoms with Crippen LogP contribution in [-0.2, 0) is 24.2 Å². The molecule has 2 aromatic rings. The number of carbonyl (C=O) groups is 2.